The number of ether oxygens (including phenoxy) is 1. The van der Waals surface area contributed by atoms with E-state index in [9.17, 15) is 22.4 Å². The van der Waals surface area contributed by atoms with E-state index in [0.717, 1.165) is 12.1 Å². The fraction of sp³-hybridized carbons (Fsp3) is 0.300. The molecule has 0 aromatic heterocycles. The van der Waals surface area contributed by atoms with Crippen molar-refractivity contribution in [3.05, 3.63) is 59.9 Å². The van der Waals surface area contributed by atoms with Crippen LogP contribution in [0.2, 0.25) is 0 Å². The lowest BCUT2D eigenvalue weighted by Gasteiger charge is -2.22. The van der Waals surface area contributed by atoms with Crippen molar-refractivity contribution >= 4 is 27.7 Å². The maximum atomic E-state index is 13.1. The summed E-state index contributed by atoms with van der Waals surface area (Å²) in [4.78, 5) is 26.1. The number of amides is 2. The van der Waals surface area contributed by atoms with Gasteiger partial charge in [-0.1, -0.05) is 12.1 Å². The molecule has 1 N–H and O–H groups in total. The first-order valence-corrected chi connectivity index (χ1v) is 10.8. The molecule has 1 aliphatic heterocycles. The Kier molecular flexibility index (Phi) is 6.68. The van der Waals surface area contributed by atoms with Crippen LogP contribution >= 0.6 is 0 Å². The number of sulfonamides is 1. The zero-order valence-corrected chi connectivity index (χ0v) is 17.2. The smallest absolute Gasteiger partial charge is 0.339 e. The van der Waals surface area contributed by atoms with E-state index < -0.39 is 27.8 Å². The van der Waals surface area contributed by atoms with Gasteiger partial charge in [0.15, 0.2) is 0 Å². The number of urea groups is 1. The molecule has 0 aliphatic carbocycles. The van der Waals surface area contributed by atoms with Gasteiger partial charge in [-0.25, -0.2) is 22.4 Å². The number of anilines is 1. The Morgan fingerprint density at radius 2 is 1.70 bits per heavy atom. The first kappa shape index (κ1) is 21.7. The third kappa shape index (κ3) is 4.77. The molecule has 0 unspecified atom stereocenters. The Hall–Kier alpha value is -2.98. The second-order valence-electron chi connectivity index (χ2n) is 6.67. The number of rotatable bonds is 4. The van der Waals surface area contributed by atoms with Crippen LogP contribution in [0.15, 0.2) is 53.4 Å². The molecule has 1 saturated heterocycles. The predicted molar refractivity (Wildman–Crippen MR) is 108 cm³/mol. The molecule has 0 radical (unpaired) electrons. The highest BCUT2D eigenvalue weighted by Gasteiger charge is 2.28. The lowest BCUT2D eigenvalue weighted by atomic mass is 10.2. The summed E-state index contributed by atoms with van der Waals surface area (Å²) in [5.74, 6) is -1.08. The number of benzene rings is 2. The second kappa shape index (κ2) is 9.23. The SMILES string of the molecule is COC(=O)c1ccccc1NC(=O)N1CCCN(S(=O)(=O)c2ccc(F)cc2)CC1. The van der Waals surface area contributed by atoms with Crippen LogP contribution in [0.1, 0.15) is 16.8 Å². The minimum Gasteiger partial charge on any atom is -0.465 e. The molecule has 30 heavy (non-hydrogen) atoms. The third-order valence-electron chi connectivity index (χ3n) is 4.77. The second-order valence-corrected chi connectivity index (χ2v) is 8.60. The van der Waals surface area contributed by atoms with Crippen LogP contribution in [-0.4, -0.2) is 62.9 Å². The van der Waals surface area contributed by atoms with Crippen LogP contribution in [0, 0.1) is 5.82 Å². The zero-order valence-electron chi connectivity index (χ0n) is 16.4. The average Bonchev–Trinajstić information content (AvgIpc) is 3.01. The molecule has 2 aromatic carbocycles. The number of nitrogens with one attached hydrogen (secondary N) is 1. The van der Waals surface area contributed by atoms with Crippen molar-refractivity contribution in [3.63, 3.8) is 0 Å². The summed E-state index contributed by atoms with van der Waals surface area (Å²) in [5, 5.41) is 2.69. The van der Waals surface area contributed by atoms with Gasteiger partial charge in [-0.3, -0.25) is 0 Å². The molecule has 8 nitrogen and oxygen atoms in total. The number of carbonyl (C=O) groups excluding carboxylic acids is 2. The van der Waals surface area contributed by atoms with E-state index in [0.29, 0.717) is 18.7 Å². The quantitative estimate of drug-likeness (QED) is 0.745. The molecule has 0 saturated carbocycles. The highest BCUT2D eigenvalue weighted by Crippen LogP contribution is 2.20. The van der Waals surface area contributed by atoms with E-state index >= 15 is 0 Å². The maximum Gasteiger partial charge on any atom is 0.339 e. The summed E-state index contributed by atoms with van der Waals surface area (Å²) in [5.41, 5.74) is 0.540. The summed E-state index contributed by atoms with van der Waals surface area (Å²) in [6.45, 7) is 0.863. The molecular weight excluding hydrogens is 413 g/mol. The molecule has 0 atom stereocenters. The Bertz CT molecular complexity index is 1030. The van der Waals surface area contributed by atoms with Gasteiger partial charge in [0.2, 0.25) is 10.0 Å². The van der Waals surface area contributed by atoms with Gasteiger partial charge in [0, 0.05) is 26.2 Å². The fourth-order valence-corrected chi connectivity index (χ4v) is 4.64. The van der Waals surface area contributed by atoms with E-state index in [1.54, 1.807) is 24.3 Å². The number of hydrogen-bond donors (Lipinski definition) is 1. The van der Waals surface area contributed by atoms with Gasteiger partial charge >= 0.3 is 12.0 Å². The summed E-state index contributed by atoms with van der Waals surface area (Å²) in [6.07, 6.45) is 0.437. The fourth-order valence-electron chi connectivity index (χ4n) is 3.17. The van der Waals surface area contributed by atoms with E-state index in [1.165, 1.54) is 28.4 Å². The Balaban J connectivity index is 1.69. The minimum atomic E-state index is -3.78. The minimum absolute atomic E-state index is 0.00815. The van der Waals surface area contributed by atoms with Gasteiger partial charge in [-0.05, 0) is 42.8 Å². The van der Waals surface area contributed by atoms with Crippen molar-refractivity contribution in [2.24, 2.45) is 0 Å². The Labute approximate surface area is 174 Å². The number of halogens is 1. The van der Waals surface area contributed by atoms with Gasteiger partial charge in [0.25, 0.3) is 0 Å². The number of methoxy groups -OCH3 is 1. The summed E-state index contributed by atoms with van der Waals surface area (Å²) < 4.78 is 44.7. The normalized spacial score (nSPS) is 15.3. The highest BCUT2D eigenvalue weighted by atomic mass is 32.2. The number of esters is 1. The lowest BCUT2D eigenvalue weighted by molar-refractivity contribution is 0.0602. The van der Waals surface area contributed by atoms with Gasteiger partial charge in [0.05, 0.1) is 23.3 Å². The van der Waals surface area contributed by atoms with Gasteiger partial charge in [0.1, 0.15) is 5.82 Å². The van der Waals surface area contributed by atoms with Crippen LogP contribution in [-0.2, 0) is 14.8 Å². The Morgan fingerprint density at radius 3 is 2.40 bits per heavy atom. The average molecular weight is 435 g/mol. The number of carbonyl (C=O) groups is 2. The highest BCUT2D eigenvalue weighted by molar-refractivity contribution is 7.89. The third-order valence-corrected chi connectivity index (χ3v) is 6.68. The Morgan fingerprint density at radius 1 is 1.00 bits per heavy atom. The molecule has 2 aromatic rings. The molecule has 160 valence electrons. The summed E-state index contributed by atoms with van der Waals surface area (Å²) in [7, 11) is -2.53. The first-order chi connectivity index (χ1) is 14.3. The molecule has 1 fully saturated rings. The van der Waals surface area contributed by atoms with Crippen LogP contribution < -0.4 is 5.32 Å². The van der Waals surface area contributed by atoms with E-state index in [-0.39, 0.29) is 30.1 Å². The number of hydrogen-bond acceptors (Lipinski definition) is 5. The molecule has 1 heterocycles. The zero-order chi connectivity index (χ0) is 21.7. The largest absolute Gasteiger partial charge is 0.465 e. The van der Waals surface area contributed by atoms with Crippen molar-refractivity contribution < 1.29 is 27.1 Å². The first-order valence-electron chi connectivity index (χ1n) is 9.32. The van der Waals surface area contributed by atoms with Crippen LogP contribution in [0.25, 0.3) is 0 Å². The summed E-state index contributed by atoms with van der Waals surface area (Å²) >= 11 is 0. The van der Waals surface area contributed by atoms with E-state index in [1.807, 2.05) is 0 Å². The van der Waals surface area contributed by atoms with E-state index in [2.05, 4.69) is 5.32 Å². The number of para-hydroxylation sites is 1. The van der Waals surface area contributed by atoms with Crippen molar-refractivity contribution in [1.29, 1.82) is 0 Å². The standard InChI is InChI=1S/C20H22FN3O5S/c1-29-19(25)17-5-2-3-6-18(17)22-20(26)23-11-4-12-24(14-13-23)30(27,28)16-9-7-15(21)8-10-16/h2-3,5-10H,4,11-14H2,1H3,(H,22,26). The molecular formula is C20H22FN3O5S. The summed E-state index contributed by atoms with van der Waals surface area (Å²) in [6, 6.07) is 10.7. The van der Waals surface area contributed by atoms with Gasteiger partial charge in [-0.2, -0.15) is 4.31 Å². The van der Waals surface area contributed by atoms with Crippen LogP contribution in [0.3, 0.4) is 0 Å². The molecule has 2 amide bonds. The van der Waals surface area contributed by atoms with Crippen molar-refractivity contribution in [2.45, 2.75) is 11.3 Å². The number of nitrogens with zero attached hydrogens (tertiary/aromatic N) is 2. The lowest BCUT2D eigenvalue weighted by Crippen LogP contribution is -2.39. The molecule has 1 aliphatic rings. The molecule has 0 spiro atoms. The van der Waals surface area contributed by atoms with Gasteiger partial charge < -0.3 is 15.0 Å². The van der Waals surface area contributed by atoms with Crippen molar-refractivity contribution in [1.82, 2.24) is 9.21 Å². The maximum absolute atomic E-state index is 13.1. The molecule has 10 heteroatoms. The van der Waals surface area contributed by atoms with Crippen LogP contribution in [0.5, 0.6) is 0 Å². The van der Waals surface area contributed by atoms with Crippen LogP contribution in [0.4, 0.5) is 14.9 Å². The van der Waals surface area contributed by atoms with E-state index in [4.69, 9.17) is 4.74 Å². The predicted octanol–water partition coefficient (Wildman–Crippen LogP) is 2.54. The van der Waals surface area contributed by atoms with Gasteiger partial charge in [-0.15, -0.1) is 0 Å². The monoisotopic (exact) mass is 435 g/mol. The van der Waals surface area contributed by atoms with Crippen molar-refractivity contribution in [2.75, 3.05) is 38.6 Å². The molecule has 3 rings (SSSR count). The topological polar surface area (TPSA) is 96.0 Å². The van der Waals surface area contributed by atoms with Crippen molar-refractivity contribution in [3.8, 4) is 0 Å². The molecule has 0 bridgehead atoms.